The second kappa shape index (κ2) is 7.54. The van der Waals surface area contributed by atoms with Crippen molar-refractivity contribution in [3.05, 3.63) is 17.0 Å². The molecule has 2 saturated heterocycles. The maximum Gasteiger partial charge on any atom is 0.0926 e. The molecule has 136 valence electrons. The largest absolute Gasteiger partial charge is 0.387 e. The lowest BCUT2D eigenvalue weighted by molar-refractivity contribution is -0.0917. The first-order chi connectivity index (χ1) is 11.5. The van der Waals surface area contributed by atoms with Gasteiger partial charge in [0.15, 0.2) is 0 Å². The molecule has 0 spiro atoms. The van der Waals surface area contributed by atoms with Crippen LogP contribution in [0.1, 0.15) is 56.0 Å². The molecular formula is C19H34N4O. The Morgan fingerprint density at radius 2 is 2.04 bits per heavy atom. The Hall–Kier alpha value is -0.910. The molecule has 0 bridgehead atoms. The van der Waals surface area contributed by atoms with Gasteiger partial charge in [-0.25, -0.2) is 0 Å². The number of aromatic nitrogens is 2. The van der Waals surface area contributed by atoms with Crippen LogP contribution in [0.2, 0.25) is 0 Å². The van der Waals surface area contributed by atoms with Crippen LogP contribution in [0.4, 0.5) is 0 Å². The lowest BCUT2D eigenvalue weighted by atomic mass is 9.79. The molecule has 2 atom stereocenters. The lowest BCUT2D eigenvalue weighted by Crippen LogP contribution is -2.62. The minimum Gasteiger partial charge on any atom is -0.387 e. The summed E-state index contributed by atoms with van der Waals surface area (Å²) in [5.41, 5.74) is 3.26. The van der Waals surface area contributed by atoms with Gasteiger partial charge in [0.1, 0.15) is 0 Å². The van der Waals surface area contributed by atoms with Crippen LogP contribution >= 0.6 is 0 Å². The molecule has 0 saturated carbocycles. The molecule has 5 nitrogen and oxygen atoms in total. The number of nitrogens with zero attached hydrogens (tertiary/aromatic N) is 3. The molecule has 0 amide bonds. The van der Waals surface area contributed by atoms with E-state index in [0.717, 1.165) is 44.5 Å². The summed E-state index contributed by atoms with van der Waals surface area (Å²) in [6, 6.07) is 0.355. The van der Waals surface area contributed by atoms with Gasteiger partial charge in [-0.05, 0) is 64.6 Å². The Labute approximate surface area is 146 Å². The smallest absolute Gasteiger partial charge is 0.0926 e. The molecular weight excluding hydrogens is 300 g/mol. The SMILES string of the molecule is CCc1c(C)nn(CCNC[C@]2(O)CCCN3CCCC[C@@H]32)c1C. The van der Waals surface area contributed by atoms with Crippen LogP contribution in [0, 0.1) is 13.8 Å². The van der Waals surface area contributed by atoms with Crippen molar-refractivity contribution >= 4 is 0 Å². The first kappa shape index (κ1) is 17.9. The lowest BCUT2D eigenvalue weighted by Gasteiger charge is -2.49. The molecule has 2 aliphatic rings. The molecule has 0 radical (unpaired) electrons. The Morgan fingerprint density at radius 3 is 2.79 bits per heavy atom. The van der Waals surface area contributed by atoms with Gasteiger partial charge in [0, 0.05) is 24.8 Å². The molecule has 2 fully saturated rings. The Morgan fingerprint density at radius 1 is 1.25 bits per heavy atom. The van der Waals surface area contributed by atoms with E-state index < -0.39 is 5.60 Å². The third-order valence-electron chi connectivity index (χ3n) is 6.11. The van der Waals surface area contributed by atoms with E-state index in [4.69, 9.17) is 0 Å². The fraction of sp³-hybridized carbons (Fsp3) is 0.842. The van der Waals surface area contributed by atoms with Crippen molar-refractivity contribution < 1.29 is 5.11 Å². The zero-order valence-electron chi connectivity index (χ0n) is 15.6. The van der Waals surface area contributed by atoms with Crippen LogP contribution in [0.25, 0.3) is 0 Å². The van der Waals surface area contributed by atoms with E-state index in [1.807, 2.05) is 0 Å². The van der Waals surface area contributed by atoms with Gasteiger partial charge in [-0.15, -0.1) is 0 Å². The molecule has 0 aliphatic carbocycles. The number of aryl methyl sites for hydroxylation is 1. The highest BCUT2D eigenvalue weighted by molar-refractivity contribution is 5.24. The van der Waals surface area contributed by atoms with E-state index in [1.165, 1.54) is 37.2 Å². The minimum absolute atomic E-state index is 0.355. The summed E-state index contributed by atoms with van der Waals surface area (Å²) in [5, 5.41) is 19.3. The van der Waals surface area contributed by atoms with Crippen LogP contribution in [-0.2, 0) is 13.0 Å². The molecule has 3 heterocycles. The average Bonchev–Trinajstić information content (AvgIpc) is 2.85. The van der Waals surface area contributed by atoms with Gasteiger partial charge in [0.05, 0.1) is 17.8 Å². The first-order valence-corrected chi connectivity index (χ1v) is 9.75. The molecule has 2 aliphatic heterocycles. The summed E-state index contributed by atoms with van der Waals surface area (Å²) in [4.78, 5) is 2.52. The summed E-state index contributed by atoms with van der Waals surface area (Å²) >= 11 is 0. The van der Waals surface area contributed by atoms with Crippen LogP contribution < -0.4 is 5.32 Å². The highest BCUT2D eigenvalue weighted by Crippen LogP contribution is 2.33. The van der Waals surface area contributed by atoms with Crippen molar-refractivity contribution in [1.82, 2.24) is 20.0 Å². The number of hydrogen-bond donors (Lipinski definition) is 2. The van der Waals surface area contributed by atoms with Crippen LogP contribution in [-0.4, -0.2) is 57.6 Å². The second-order valence-corrected chi connectivity index (χ2v) is 7.66. The quantitative estimate of drug-likeness (QED) is 0.782. The van der Waals surface area contributed by atoms with Gasteiger partial charge < -0.3 is 10.4 Å². The van der Waals surface area contributed by atoms with E-state index in [1.54, 1.807) is 0 Å². The van der Waals surface area contributed by atoms with E-state index in [0.29, 0.717) is 12.6 Å². The number of nitrogens with one attached hydrogen (secondary N) is 1. The van der Waals surface area contributed by atoms with Crippen molar-refractivity contribution in [1.29, 1.82) is 0 Å². The van der Waals surface area contributed by atoms with Gasteiger partial charge >= 0.3 is 0 Å². The number of piperidine rings is 2. The third-order valence-corrected chi connectivity index (χ3v) is 6.11. The molecule has 5 heteroatoms. The van der Waals surface area contributed by atoms with Crippen LogP contribution in [0.5, 0.6) is 0 Å². The molecule has 0 aromatic carbocycles. The van der Waals surface area contributed by atoms with E-state index in [2.05, 4.69) is 40.8 Å². The number of aliphatic hydroxyl groups is 1. The Kier molecular flexibility index (Phi) is 5.63. The molecule has 1 aromatic heterocycles. The van der Waals surface area contributed by atoms with Crippen molar-refractivity contribution in [3.63, 3.8) is 0 Å². The third kappa shape index (κ3) is 3.53. The van der Waals surface area contributed by atoms with Gasteiger partial charge in [-0.3, -0.25) is 9.58 Å². The maximum atomic E-state index is 11.2. The highest BCUT2D eigenvalue weighted by Gasteiger charge is 2.43. The summed E-state index contributed by atoms with van der Waals surface area (Å²) in [6.45, 7) is 11.2. The molecule has 0 unspecified atom stereocenters. The predicted octanol–water partition coefficient (Wildman–Crippen LogP) is 2.03. The van der Waals surface area contributed by atoms with Crippen LogP contribution in [0.15, 0.2) is 0 Å². The molecule has 2 N–H and O–H groups in total. The zero-order chi connectivity index (χ0) is 17.2. The fourth-order valence-electron chi connectivity index (χ4n) is 4.78. The normalized spacial score (nSPS) is 28.1. The van der Waals surface area contributed by atoms with Crippen molar-refractivity contribution in [2.45, 2.75) is 77.5 Å². The van der Waals surface area contributed by atoms with Crippen molar-refractivity contribution in [3.8, 4) is 0 Å². The summed E-state index contributed by atoms with van der Waals surface area (Å²) in [6.07, 6.45) is 6.79. The second-order valence-electron chi connectivity index (χ2n) is 7.66. The monoisotopic (exact) mass is 334 g/mol. The minimum atomic E-state index is -0.553. The highest BCUT2D eigenvalue weighted by atomic mass is 16.3. The van der Waals surface area contributed by atoms with E-state index >= 15 is 0 Å². The fourth-order valence-corrected chi connectivity index (χ4v) is 4.78. The molecule has 3 rings (SSSR count). The number of hydrogen-bond acceptors (Lipinski definition) is 4. The number of rotatable bonds is 6. The number of fused-ring (bicyclic) bond motifs is 1. The Balaban J connectivity index is 1.52. The standard InChI is InChI=1S/C19H34N4O/c1-4-17-15(2)21-23(16(17)3)13-10-20-14-19(24)9-7-12-22-11-6-5-8-18(19)22/h18,20,24H,4-14H2,1-3H3/t18-,19-/m1/s1. The first-order valence-electron chi connectivity index (χ1n) is 9.75. The summed E-state index contributed by atoms with van der Waals surface area (Å²) in [7, 11) is 0. The predicted molar refractivity (Wildman–Crippen MR) is 97.3 cm³/mol. The van der Waals surface area contributed by atoms with Crippen molar-refractivity contribution in [2.75, 3.05) is 26.2 Å². The Bertz CT molecular complexity index is 554. The van der Waals surface area contributed by atoms with E-state index in [9.17, 15) is 5.11 Å². The van der Waals surface area contributed by atoms with Gasteiger partial charge in [0.2, 0.25) is 0 Å². The average molecular weight is 335 g/mol. The summed E-state index contributed by atoms with van der Waals surface area (Å²) in [5.74, 6) is 0. The molecule has 24 heavy (non-hydrogen) atoms. The topological polar surface area (TPSA) is 53.3 Å². The van der Waals surface area contributed by atoms with Gasteiger partial charge in [0.25, 0.3) is 0 Å². The van der Waals surface area contributed by atoms with Gasteiger partial charge in [-0.1, -0.05) is 13.3 Å². The van der Waals surface area contributed by atoms with Crippen LogP contribution in [0.3, 0.4) is 0 Å². The van der Waals surface area contributed by atoms with Gasteiger partial charge in [-0.2, -0.15) is 5.10 Å². The maximum absolute atomic E-state index is 11.2. The zero-order valence-corrected chi connectivity index (χ0v) is 15.6. The summed E-state index contributed by atoms with van der Waals surface area (Å²) < 4.78 is 2.11. The van der Waals surface area contributed by atoms with E-state index in [-0.39, 0.29) is 0 Å². The van der Waals surface area contributed by atoms with Crippen molar-refractivity contribution in [2.24, 2.45) is 0 Å². The molecule has 1 aromatic rings.